The van der Waals surface area contributed by atoms with E-state index in [4.69, 9.17) is 4.74 Å². The molecule has 2 rings (SSSR count). The fourth-order valence-corrected chi connectivity index (χ4v) is 4.13. The van der Waals surface area contributed by atoms with E-state index in [0.29, 0.717) is 33.6 Å². The fourth-order valence-electron chi connectivity index (χ4n) is 3.27. The van der Waals surface area contributed by atoms with E-state index in [0.717, 1.165) is 25.7 Å². The minimum Gasteiger partial charge on any atom is -0.462 e. The van der Waals surface area contributed by atoms with Crippen LogP contribution in [0.4, 0.5) is 5.13 Å². The first kappa shape index (κ1) is 18.9. The number of nitrogens with zero attached hydrogens (tertiary/aromatic N) is 1. The monoisotopic (exact) mass is 352 g/mol. The molecule has 6 heteroatoms. The van der Waals surface area contributed by atoms with Crippen molar-refractivity contribution < 1.29 is 14.3 Å². The van der Waals surface area contributed by atoms with E-state index in [1.54, 1.807) is 13.8 Å². The van der Waals surface area contributed by atoms with Gasteiger partial charge < -0.3 is 10.1 Å². The molecule has 0 spiro atoms. The molecule has 0 bridgehead atoms. The van der Waals surface area contributed by atoms with Crippen molar-refractivity contribution in [1.29, 1.82) is 0 Å². The summed E-state index contributed by atoms with van der Waals surface area (Å²) in [7, 11) is 0. The summed E-state index contributed by atoms with van der Waals surface area (Å²) in [5.74, 6) is 0.364. The molecule has 1 aliphatic rings. The Morgan fingerprint density at radius 1 is 1.25 bits per heavy atom. The van der Waals surface area contributed by atoms with Gasteiger partial charge in [-0.25, -0.2) is 9.78 Å². The second-order valence-corrected chi connectivity index (χ2v) is 8.56. The van der Waals surface area contributed by atoms with Crippen LogP contribution in [0.25, 0.3) is 0 Å². The Kier molecular flexibility index (Phi) is 6.01. The smallest absolute Gasteiger partial charge is 0.350 e. The van der Waals surface area contributed by atoms with Gasteiger partial charge in [-0.05, 0) is 50.9 Å². The number of hydrogen-bond acceptors (Lipinski definition) is 5. The largest absolute Gasteiger partial charge is 0.462 e. The van der Waals surface area contributed by atoms with Gasteiger partial charge >= 0.3 is 5.97 Å². The van der Waals surface area contributed by atoms with E-state index in [9.17, 15) is 9.59 Å². The van der Waals surface area contributed by atoms with Crippen molar-refractivity contribution in [3.63, 3.8) is 0 Å². The Hall–Kier alpha value is -1.43. The Balaban J connectivity index is 1.94. The number of esters is 1. The molecular weight excluding hydrogens is 324 g/mol. The molecule has 24 heavy (non-hydrogen) atoms. The lowest BCUT2D eigenvalue weighted by atomic mass is 9.70. The van der Waals surface area contributed by atoms with E-state index in [1.165, 1.54) is 11.3 Å². The summed E-state index contributed by atoms with van der Waals surface area (Å²) in [5.41, 5.74) is 0.910. The summed E-state index contributed by atoms with van der Waals surface area (Å²) >= 11 is 1.19. The van der Waals surface area contributed by atoms with Crippen molar-refractivity contribution in [2.24, 2.45) is 17.3 Å². The number of amides is 1. The molecule has 134 valence electrons. The number of thiazole rings is 1. The number of anilines is 1. The van der Waals surface area contributed by atoms with Crippen LogP contribution < -0.4 is 5.32 Å². The van der Waals surface area contributed by atoms with Crippen LogP contribution in [0.15, 0.2) is 0 Å². The average Bonchev–Trinajstić information content (AvgIpc) is 2.87. The lowest BCUT2D eigenvalue weighted by Gasteiger charge is -2.36. The summed E-state index contributed by atoms with van der Waals surface area (Å²) in [4.78, 5) is 29.1. The lowest BCUT2D eigenvalue weighted by molar-refractivity contribution is -0.121. The maximum absolute atomic E-state index is 12.5. The van der Waals surface area contributed by atoms with Crippen LogP contribution in [0.1, 0.15) is 68.7 Å². The van der Waals surface area contributed by atoms with Crippen LogP contribution in [-0.4, -0.2) is 23.5 Å². The normalized spacial score (nSPS) is 21.4. The molecule has 1 aromatic rings. The maximum atomic E-state index is 12.5. The van der Waals surface area contributed by atoms with E-state index in [-0.39, 0.29) is 17.8 Å². The molecule has 0 aromatic carbocycles. The number of rotatable bonds is 4. The standard InChI is InChI=1S/C18H28N2O3S/c1-6-23-16(22)14-11(2)19-17(24-14)20-15(21)12-7-9-13(10-8-12)18(3,4)5/h12-13H,6-10H2,1-5H3,(H,19,20,21). The van der Waals surface area contributed by atoms with Crippen molar-refractivity contribution in [2.75, 3.05) is 11.9 Å². The molecule has 0 saturated heterocycles. The average molecular weight is 353 g/mol. The van der Waals surface area contributed by atoms with E-state index >= 15 is 0 Å². The predicted molar refractivity (Wildman–Crippen MR) is 96.3 cm³/mol. The van der Waals surface area contributed by atoms with Crippen molar-refractivity contribution >= 4 is 28.3 Å². The summed E-state index contributed by atoms with van der Waals surface area (Å²) in [5, 5.41) is 3.37. The second-order valence-electron chi connectivity index (χ2n) is 7.56. The third-order valence-corrected chi connectivity index (χ3v) is 5.86. The Morgan fingerprint density at radius 2 is 1.88 bits per heavy atom. The summed E-state index contributed by atoms with van der Waals surface area (Å²) < 4.78 is 5.01. The third-order valence-electron chi connectivity index (χ3n) is 4.81. The molecule has 0 radical (unpaired) electrons. The van der Waals surface area contributed by atoms with Gasteiger partial charge in [0.1, 0.15) is 4.88 Å². The SMILES string of the molecule is CCOC(=O)c1sc(NC(=O)C2CCC(C(C)(C)C)CC2)nc1C. The van der Waals surface area contributed by atoms with Crippen molar-refractivity contribution in [2.45, 2.75) is 60.3 Å². The van der Waals surface area contributed by atoms with Gasteiger partial charge in [-0.2, -0.15) is 0 Å². The number of aromatic nitrogens is 1. The molecule has 0 atom stereocenters. The van der Waals surface area contributed by atoms with Gasteiger partial charge in [-0.1, -0.05) is 32.1 Å². The Labute approximate surface area is 148 Å². The Bertz CT molecular complexity index is 596. The van der Waals surface area contributed by atoms with Gasteiger partial charge in [0.25, 0.3) is 0 Å². The molecule has 1 saturated carbocycles. The topological polar surface area (TPSA) is 68.3 Å². The molecular formula is C18H28N2O3S. The molecule has 1 N–H and O–H groups in total. The quantitative estimate of drug-likeness (QED) is 0.815. The molecule has 0 aliphatic heterocycles. The minimum absolute atomic E-state index is 0.0199. The van der Waals surface area contributed by atoms with Crippen LogP contribution in [0.5, 0.6) is 0 Å². The first-order valence-corrected chi connectivity index (χ1v) is 9.49. The van der Waals surface area contributed by atoms with Gasteiger partial charge in [0.2, 0.25) is 5.91 Å². The lowest BCUT2D eigenvalue weighted by Crippen LogP contribution is -2.31. The third kappa shape index (κ3) is 4.56. The fraction of sp³-hybridized carbons (Fsp3) is 0.722. The van der Waals surface area contributed by atoms with Crippen molar-refractivity contribution in [3.8, 4) is 0 Å². The van der Waals surface area contributed by atoms with E-state index < -0.39 is 0 Å². The second kappa shape index (κ2) is 7.64. The minimum atomic E-state index is -0.376. The molecule has 5 nitrogen and oxygen atoms in total. The molecule has 0 unspecified atom stereocenters. The van der Waals surface area contributed by atoms with Crippen molar-refractivity contribution in [3.05, 3.63) is 10.6 Å². The molecule has 1 aromatic heterocycles. The van der Waals surface area contributed by atoms with E-state index in [2.05, 4.69) is 31.1 Å². The van der Waals surface area contributed by atoms with E-state index in [1.807, 2.05) is 0 Å². The molecule has 1 fully saturated rings. The van der Waals surface area contributed by atoms with Crippen LogP contribution in [-0.2, 0) is 9.53 Å². The van der Waals surface area contributed by atoms with Crippen LogP contribution in [0.3, 0.4) is 0 Å². The molecule has 1 heterocycles. The highest BCUT2D eigenvalue weighted by molar-refractivity contribution is 7.17. The highest BCUT2D eigenvalue weighted by Gasteiger charge is 2.32. The van der Waals surface area contributed by atoms with Gasteiger partial charge in [0.05, 0.1) is 12.3 Å². The first-order valence-electron chi connectivity index (χ1n) is 8.67. The summed E-state index contributed by atoms with van der Waals surface area (Å²) in [6.07, 6.45) is 4.02. The van der Waals surface area contributed by atoms with Crippen LogP contribution in [0.2, 0.25) is 0 Å². The zero-order valence-corrected chi connectivity index (χ0v) is 16.1. The number of aryl methyl sites for hydroxylation is 1. The van der Waals surface area contributed by atoms with Crippen LogP contribution in [0, 0.1) is 24.2 Å². The molecule has 1 aliphatic carbocycles. The number of carbonyl (C=O) groups is 2. The predicted octanol–water partition coefficient (Wildman–Crippen LogP) is 4.42. The summed E-state index contributed by atoms with van der Waals surface area (Å²) in [6, 6.07) is 0. The highest BCUT2D eigenvalue weighted by atomic mass is 32.1. The van der Waals surface area contributed by atoms with Gasteiger partial charge in [-0.3, -0.25) is 4.79 Å². The maximum Gasteiger partial charge on any atom is 0.350 e. The number of hydrogen-bond donors (Lipinski definition) is 1. The Morgan fingerprint density at radius 3 is 2.42 bits per heavy atom. The summed E-state index contributed by atoms with van der Waals surface area (Å²) in [6.45, 7) is 10.7. The van der Waals surface area contributed by atoms with Crippen molar-refractivity contribution in [1.82, 2.24) is 4.98 Å². The van der Waals surface area contributed by atoms with Crippen LogP contribution >= 0.6 is 11.3 Å². The first-order chi connectivity index (χ1) is 11.2. The number of ether oxygens (including phenoxy) is 1. The van der Waals surface area contributed by atoms with Gasteiger partial charge in [-0.15, -0.1) is 0 Å². The zero-order valence-electron chi connectivity index (χ0n) is 15.3. The number of nitrogens with one attached hydrogen (secondary N) is 1. The highest BCUT2D eigenvalue weighted by Crippen LogP contribution is 2.40. The van der Waals surface area contributed by atoms with Gasteiger partial charge in [0, 0.05) is 5.92 Å². The zero-order chi connectivity index (χ0) is 17.9. The number of carbonyl (C=O) groups excluding carboxylic acids is 2. The molecule has 1 amide bonds. The van der Waals surface area contributed by atoms with Gasteiger partial charge in [0.15, 0.2) is 5.13 Å².